The predicted octanol–water partition coefficient (Wildman–Crippen LogP) is -0.0863. The maximum atomic E-state index is 11.1. The molecule has 0 aliphatic heterocycles. The fourth-order valence-electron chi connectivity index (χ4n) is 0.990. The SMILES string of the molecule is CC(=O)OC(=O)C(O)(O)c1ccccc1. The number of carbonyl (C=O) groups excluding carboxylic acids is 2. The number of benzene rings is 1. The van der Waals surface area contributed by atoms with Gasteiger partial charge in [0.15, 0.2) is 0 Å². The molecule has 1 rings (SSSR count). The zero-order valence-electron chi connectivity index (χ0n) is 8.01. The van der Waals surface area contributed by atoms with Gasteiger partial charge in [0.05, 0.1) is 0 Å². The molecular weight excluding hydrogens is 200 g/mol. The number of hydrogen-bond acceptors (Lipinski definition) is 5. The molecule has 0 unspecified atom stereocenters. The Balaban J connectivity index is 2.92. The summed E-state index contributed by atoms with van der Waals surface area (Å²) in [5.74, 6) is -5.11. The van der Waals surface area contributed by atoms with Crippen molar-refractivity contribution in [3.05, 3.63) is 35.9 Å². The van der Waals surface area contributed by atoms with E-state index in [0.717, 1.165) is 6.92 Å². The maximum absolute atomic E-state index is 11.1. The first-order valence-corrected chi connectivity index (χ1v) is 4.17. The lowest BCUT2D eigenvalue weighted by atomic mass is 10.1. The van der Waals surface area contributed by atoms with E-state index in [4.69, 9.17) is 0 Å². The second-order valence-electron chi connectivity index (χ2n) is 2.92. The van der Waals surface area contributed by atoms with Gasteiger partial charge in [0, 0.05) is 12.5 Å². The summed E-state index contributed by atoms with van der Waals surface area (Å²) in [6.07, 6.45) is 0. The van der Waals surface area contributed by atoms with E-state index in [9.17, 15) is 19.8 Å². The summed E-state index contributed by atoms with van der Waals surface area (Å²) < 4.78 is 4.09. The summed E-state index contributed by atoms with van der Waals surface area (Å²) in [5.41, 5.74) is -0.0590. The van der Waals surface area contributed by atoms with Gasteiger partial charge < -0.3 is 14.9 Å². The van der Waals surface area contributed by atoms with Crippen molar-refractivity contribution in [3.63, 3.8) is 0 Å². The molecule has 80 valence electrons. The molecule has 2 N–H and O–H groups in total. The molecule has 5 heteroatoms. The van der Waals surface area contributed by atoms with Crippen molar-refractivity contribution >= 4 is 11.9 Å². The molecule has 0 saturated heterocycles. The minimum Gasteiger partial charge on any atom is -0.389 e. The van der Waals surface area contributed by atoms with Crippen molar-refractivity contribution in [2.45, 2.75) is 12.7 Å². The number of carbonyl (C=O) groups is 2. The van der Waals surface area contributed by atoms with Gasteiger partial charge in [-0.15, -0.1) is 0 Å². The minimum atomic E-state index is -2.80. The van der Waals surface area contributed by atoms with Crippen LogP contribution < -0.4 is 0 Å². The lowest BCUT2D eigenvalue weighted by Gasteiger charge is -2.18. The Morgan fingerprint density at radius 3 is 2.20 bits per heavy atom. The molecule has 0 radical (unpaired) electrons. The van der Waals surface area contributed by atoms with Crippen LogP contribution in [0.3, 0.4) is 0 Å². The normalized spacial score (nSPS) is 10.9. The largest absolute Gasteiger partial charge is 0.389 e. The quantitative estimate of drug-likeness (QED) is 0.405. The van der Waals surface area contributed by atoms with E-state index in [1.54, 1.807) is 6.07 Å². The molecule has 0 bridgehead atoms. The lowest BCUT2D eigenvalue weighted by molar-refractivity contribution is -0.214. The van der Waals surface area contributed by atoms with E-state index < -0.39 is 17.7 Å². The number of hydrogen-bond donors (Lipinski definition) is 2. The van der Waals surface area contributed by atoms with Crippen LogP contribution in [0.25, 0.3) is 0 Å². The molecule has 1 aromatic carbocycles. The van der Waals surface area contributed by atoms with E-state index in [1.165, 1.54) is 24.3 Å². The molecule has 15 heavy (non-hydrogen) atoms. The van der Waals surface area contributed by atoms with Crippen LogP contribution in [0.2, 0.25) is 0 Å². The van der Waals surface area contributed by atoms with Crippen molar-refractivity contribution in [2.24, 2.45) is 0 Å². The first kappa shape index (κ1) is 11.4. The van der Waals surface area contributed by atoms with Crippen LogP contribution in [0.5, 0.6) is 0 Å². The van der Waals surface area contributed by atoms with Crippen LogP contribution in [-0.4, -0.2) is 22.2 Å². The zero-order valence-corrected chi connectivity index (χ0v) is 8.01. The fraction of sp³-hybridized carbons (Fsp3) is 0.200. The molecule has 0 aliphatic rings. The second-order valence-corrected chi connectivity index (χ2v) is 2.92. The number of esters is 2. The summed E-state index contributed by atoms with van der Waals surface area (Å²) >= 11 is 0. The maximum Gasteiger partial charge on any atom is 0.379 e. The van der Waals surface area contributed by atoms with E-state index in [1.807, 2.05) is 0 Å². The highest BCUT2D eigenvalue weighted by Gasteiger charge is 2.38. The Bertz CT molecular complexity index is 369. The summed E-state index contributed by atoms with van der Waals surface area (Å²) in [6.45, 7) is 0.999. The Morgan fingerprint density at radius 1 is 1.20 bits per heavy atom. The first-order valence-electron chi connectivity index (χ1n) is 4.17. The van der Waals surface area contributed by atoms with Crippen LogP contribution in [0.15, 0.2) is 30.3 Å². The topological polar surface area (TPSA) is 83.8 Å². The third-order valence-electron chi connectivity index (χ3n) is 1.70. The molecule has 0 aliphatic carbocycles. The lowest BCUT2D eigenvalue weighted by Crippen LogP contribution is -2.37. The minimum absolute atomic E-state index is 0.0590. The van der Waals surface area contributed by atoms with Gasteiger partial charge in [-0.3, -0.25) is 4.79 Å². The zero-order chi connectivity index (χ0) is 11.5. The smallest absolute Gasteiger partial charge is 0.379 e. The molecule has 0 heterocycles. The predicted molar refractivity (Wildman–Crippen MR) is 49.3 cm³/mol. The van der Waals surface area contributed by atoms with Crippen molar-refractivity contribution in [1.29, 1.82) is 0 Å². The first-order chi connectivity index (χ1) is 6.94. The Kier molecular flexibility index (Phi) is 3.18. The molecule has 0 amide bonds. The summed E-state index contributed by atoms with van der Waals surface area (Å²) in [5, 5.41) is 18.9. The molecule has 0 atom stereocenters. The molecule has 5 nitrogen and oxygen atoms in total. The standard InChI is InChI=1S/C10H10O5/c1-7(11)15-9(12)10(13,14)8-5-3-2-4-6-8/h2-6,13-14H,1H3. The van der Waals surface area contributed by atoms with Crippen LogP contribution in [0, 0.1) is 0 Å². The fourth-order valence-corrected chi connectivity index (χ4v) is 0.990. The Hall–Kier alpha value is -1.72. The van der Waals surface area contributed by atoms with Gasteiger partial charge in [-0.1, -0.05) is 30.3 Å². The van der Waals surface area contributed by atoms with Crippen molar-refractivity contribution in [3.8, 4) is 0 Å². The van der Waals surface area contributed by atoms with Gasteiger partial charge in [0.1, 0.15) is 0 Å². The highest BCUT2D eigenvalue weighted by molar-refractivity contribution is 5.88. The highest BCUT2D eigenvalue weighted by atomic mass is 16.6. The van der Waals surface area contributed by atoms with E-state index in [-0.39, 0.29) is 5.56 Å². The third kappa shape index (κ3) is 2.61. The highest BCUT2D eigenvalue weighted by Crippen LogP contribution is 2.18. The van der Waals surface area contributed by atoms with Gasteiger partial charge >= 0.3 is 11.9 Å². The van der Waals surface area contributed by atoms with Crippen molar-refractivity contribution < 1.29 is 24.5 Å². The molecule has 0 saturated carbocycles. The van der Waals surface area contributed by atoms with Gasteiger partial charge in [-0.25, -0.2) is 4.79 Å². The molecule has 0 aromatic heterocycles. The number of rotatable bonds is 2. The third-order valence-corrected chi connectivity index (χ3v) is 1.70. The van der Waals surface area contributed by atoms with Gasteiger partial charge in [0.2, 0.25) is 0 Å². The summed E-state index contributed by atoms with van der Waals surface area (Å²) in [7, 11) is 0. The molecule has 1 aromatic rings. The average molecular weight is 210 g/mol. The molecule has 0 fully saturated rings. The van der Waals surface area contributed by atoms with Gasteiger partial charge in [-0.2, -0.15) is 0 Å². The number of ether oxygens (including phenoxy) is 1. The Morgan fingerprint density at radius 2 is 1.73 bits per heavy atom. The van der Waals surface area contributed by atoms with Crippen LogP contribution in [0.4, 0.5) is 0 Å². The van der Waals surface area contributed by atoms with Gasteiger partial charge in [0.25, 0.3) is 5.79 Å². The number of aliphatic hydroxyl groups is 2. The van der Waals surface area contributed by atoms with Crippen LogP contribution >= 0.6 is 0 Å². The molecule has 0 spiro atoms. The van der Waals surface area contributed by atoms with E-state index in [0.29, 0.717) is 0 Å². The van der Waals surface area contributed by atoms with E-state index in [2.05, 4.69) is 4.74 Å². The monoisotopic (exact) mass is 210 g/mol. The second kappa shape index (κ2) is 4.20. The summed E-state index contributed by atoms with van der Waals surface area (Å²) in [4.78, 5) is 21.6. The van der Waals surface area contributed by atoms with Crippen molar-refractivity contribution in [1.82, 2.24) is 0 Å². The average Bonchev–Trinajstić information content (AvgIpc) is 2.18. The van der Waals surface area contributed by atoms with Crippen LogP contribution in [0.1, 0.15) is 12.5 Å². The van der Waals surface area contributed by atoms with Gasteiger partial charge in [-0.05, 0) is 0 Å². The molecular formula is C10H10O5. The van der Waals surface area contributed by atoms with E-state index >= 15 is 0 Å². The van der Waals surface area contributed by atoms with Crippen LogP contribution in [-0.2, 0) is 20.1 Å². The van der Waals surface area contributed by atoms with Crippen molar-refractivity contribution in [2.75, 3.05) is 0 Å². The Labute approximate surface area is 85.9 Å². The summed E-state index contributed by atoms with van der Waals surface area (Å²) in [6, 6.07) is 7.37.